The Bertz CT molecular complexity index is 459. The minimum atomic E-state index is -0.930. The monoisotopic (exact) mass is 269 g/mol. The Hall–Kier alpha value is -1.49. The summed E-state index contributed by atoms with van der Waals surface area (Å²) in [5.41, 5.74) is 0.511. The molecule has 3 nitrogen and oxygen atoms in total. The summed E-state index contributed by atoms with van der Waals surface area (Å²) in [7, 11) is 0. The van der Waals surface area contributed by atoms with Gasteiger partial charge in [0.15, 0.2) is 11.6 Å². The van der Waals surface area contributed by atoms with Gasteiger partial charge in [-0.1, -0.05) is 12.5 Å². The molecular weight excluding hydrogens is 252 g/mol. The lowest BCUT2D eigenvalue weighted by Gasteiger charge is -2.32. The summed E-state index contributed by atoms with van der Waals surface area (Å²) in [5.74, 6) is -2.75. The van der Waals surface area contributed by atoms with E-state index in [0.717, 1.165) is 44.5 Å². The van der Waals surface area contributed by atoms with Gasteiger partial charge in [-0.25, -0.2) is 8.78 Å². The molecule has 104 valence electrons. The molecule has 0 saturated carbocycles. The molecule has 1 aromatic carbocycles. The number of carboxylic acids is 1. The standard InChI is InChI=1S/C14H17F2NO2/c15-11-5-4-10(8-12(11)16)9-13(14(18)19)17-6-2-1-3-7-17/h4-5,8,13H,1-3,6-7,9H2,(H,18,19). The summed E-state index contributed by atoms with van der Waals surface area (Å²) in [4.78, 5) is 13.3. The van der Waals surface area contributed by atoms with E-state index < -0.39 is 23.6 Å². The summed E-state index contributed by atoms with van der Waals surface area (Å²) >= 11 is 0. The summed E-state index contributed by atoms with van der Waals surface area (Å²) < 4.78 is 26.0. The predicted octanol–water partition coefficient (Wildman–Crippen LogP) is 2.45. The fourth-order valence-corrected chi connectivity index (χ4v) is 2.49. The maximum absolute atomic E-state index is 13.1. The second-order valence-electron chi connectivity index (χ2n) is 4.90. The van der Waals surface area contributed by atoms with Crippen LogP contribution in [0, 0.1) is 11.6 Å². The second kappa shape index (κ2) is 6.10. The van der Waals surface area contributed by atoms with Crippen LogP contribution >= 0.6 is 0 Å². The maximum Gasteiger partial charge on any atom is 0.321 e. The second-order valence-corrected chi connectivity index (χ2v) is 4.90. The van der Waals surface area contributed by atoms with Crippen LogP contribution in [-0.2, 0) is 11.2 Å². The number of likely N-dealkylation sites (tertiary alicyclic amines) is 1. The fourth-order valence-electron chi connectivity index (χ4n) is 2.49. The van der Waals surface area contributed by atoms with E-state index in [-0.39, 0.29) is 6.42 Å². The molecule has 1 aromatic rings. The molecule has 1 N–H and O–H groups in total. The molecule has 0 aliphatic carbocycles. The summed E-state index contributed by atoms with van der Waals surface area (Å²) in [6, 6.07) is 2.90. The van der Waals surface area contributed by atoms with Gasteiger partial charge in [-0.2, -0.15) is 0 Å². The van der Waals surface area contributed by atoms with E-state index in [1.165, 1.54) is 6.07 Å². The lowest BCUT2D eigenvalue weighted by atomic mass is 10.0. The number of hydrogen-bond acceptors (Lipinski definition) is 2. The highest BCUT2D eigenvalue weighted by Crippen LogP contribution is 2.17. The van der Waals surface area contributed by atoms with Gasteiger partial charge in [0.25, 0.3) is 0 Å². The van der Waals surface area contributed by atoms with Crippen molar-refractivity contribution < 1.29 is 18.7 Å². The van der Waals surface area contributed by atoms with Crippen LogP contribution in [0.4, 0.5) is 8.78 Å². The van der Waals surface area contributed by atoms with Crippen molar-refractivity contribution in [2.75, 3.05) is 13.1 Å². The number of hydrogen-bond donors (Lipinski definition) is 1. The van der Waals surface area contributed by atoms with E-state index in [9.17, 15) is 18.7 Å². The SMILES string of the molecule is O=C(O)C(Cc1ccc(F)c(F)c1)N1CCCCC1. The first-order chi connectivity index (χ1) is 9.08. The molecule has 0 bridgehead atoms. The Balaban J connectivity index is 2.11. The van der Waals surface area contributed by atoms with E-state index in [1.807, 2.05) is 4.90 Å². The van der Waals surface area contributed by atoms with Gasteiger partial charge < -0.3 is 5.11 Å². The molecule has 1 heterocycles. The minimum absolute atomic E-state index is 0.201. The molecule has 19 heavy (non-hydrogen) atoms. The van der Waals surface area contributed by atoms with Gasteiger partial charge in [-0.3, -0.25) is 9.69 Å². The lowest BCUT2D eigenvalue weighted by molar-refractivity contribution is -0.143. The normalized spacial score (nSPS) is 18.2. The number of halogens is 2. The molecule has 0 spiro atoms. The zero-order valence-corrected chi connectivity index (χ0v) is 10.6. The van der Waals surface area contributed by atoms with Crippen LogP contribution < -0.4 is 0 Å². The number of aliphatic carboxylic acids is 1. The van der Waals surface area contributed by atoms with Crippen molar-refractivity contribution in [3.63, 3.8) is 0 Å². The molecule has 1 aliphatic heterocycles. The number of carbonyl (C=O) groups is 1. The van der Waals surface area contributed by atoms with Crippen molar-refractivity contribution in [2.24, 2.45) is 0 Å². The fraction of sp³-hybridized carbons (Fsp3) is 0.500. The number of rotatable bonds is 4. The quantitative estimate of drug-likeness (QED) is 0.912. The molecule has 1 aliphatic rings. The highest BCUT2D eigenvalue weighted by Gasteiger charge is 2.27. The Morgan fingerprint density at radius 3 is 2.47 bits per heavy atom. The molecule has 1 saturated heterocycles. The lowest BCUT2D eigenvalue weighted by Crippen LogP contribution is -2.45. The van der Waals surface area contributed by atoms with E-state index in [4.69, 9.17) is 0 Å². The number of benzene rings is 1. The smallest absolute Gasteiger partial charge is 0.321 e. The first-order valence-electron chi connectivity index (χ1n) is 6.48. The van der Waals surface area contributed by atoms with E-state index in [0.29, 0.717) is 5.56 Å². The number of carboxylic acid groups (broad SMARTS) is 1. The third-order valence-electron chi connectivity index (χ3n) is 3.53. The molecular formula is C14H17F2NO2. The Labute approximate surface area is 110 Å². The molecule has 1 fully saturated rings. The van der Waals surface area contributed by atoms with Crippen LogP contribution in [0.3, 0.4) is 0 Å². The van der Waals surface area contributed by atoms with Crippen molar-refractivity contribution in [2.45, 2.75) is 31.7 Å². The van der Waals surface area contributed by atoms with Crippen molar-refractivity contribution in [3.05, 3.63) is 35.4 Å². The molecule has 0 radical (unpaired) electrons. The molecule has 1 unspecified atom stereocenters. The maximum atomic E-state index is 13.1. The summed E-state index contributed by atoms with van der Waals surface area (Å²) in [6.45, 7) is 1.50. The summed E-state index contributed by atoms with van der Waals surface area (Å²) in [5, 5.41) is 9.30. The van der Waals surface area contributed by atoms with Crippen LogP contribution in [0.1, 0.15) is 24.8 Å². The van der Waals surface area contributed by atoms with Gasteiger partial charge in [-0.05, 0) is 50.0 Å². The molecule has 2 rings (SSSR count). The molecule has 0 aromatic heterocycles. The van der Waals surface area contributed by atoms with Gasteiger partial charge in [0.2, 0.25) is 0 Å². The largest absolute Gasteiger partial charge is 0.480 e. The number of piperidine rings is 1. The molecule has 0 amide bonds. The van der Waals surface area contributed by atoms with E-state index >= 15 is 0 Å². The van der Waals surface area contributed by atoms with Crippen LogP contribution in [0.2, 0.25) is 0 Å². The van der Waals surface area contributed by atoms with Crippen molar-refractivity contribution in [3.8, 4) is 0 Å². The zero-order chi connectivity index (χ0) is 13.8. The Morgan fingerprint density at radius 2 is 1.89 bits per heavy atom. The Morgan fingerprint density at radius 1 is 1.21 bits per heavy atom. The van der Waals surface area contributed by atoms with Gasteiger partial charge in [0.05, 0.1) is 0 Å². The van der Waals surface area contributed by atoms with Gasteiger partial charge in [-0.15, -0.1) is 0 Å². The van der Waals surface area contributed by atoms with Gasteiger partial charge in [0, 0.05) is 0 Å². The third-order valence-corrected chi connectivity index (χ3v) is 3.53. The first-order valence-corrected chi connectivity index (χ1v) is 6.48. The van der Waals surface area contributed by atoms with E-state index in [2.05, 4.69) is 0 Å². The average Bonchev–Trinajstić information content (AvgIpc) is 2.40. The van der Waals surface area contributed by atoms with Crippen LogP contribution in [0.5, 0.6) is 0 Å². The highest BCUT2D eigenvalue weighted by molar-refractivity contribution is 5.74. The van der Waals surface area contributed by atoms with Crippen LogP contribution in [-0.4, -0.2) is 35.1 Å². The highest BCUT2D eigenvalue weighted by atomic mass is 19.2. The number of nitrogens with zero attached hydrogens (tertiary/aromatic N) is 1. The predicted molar refractivity (Wildman–Crippen MR) is 66.9 cm³/mol. The average molecular weight is 269 g/mol. The Kier molecular flexibility index (Phi) is 4.47. The molecule has 5 heteroatoms. The topological polar surface area (TPSA) is 40.5 Å². The van der Waals surface area contributed by atoms with Crippen molar-refractivity contribution >= 4 is 5.97 Å². The molecule has 1 atom stereocenters. The van der Waals surface area contributed by atoms with Crippen LogP contribution in [0.15, 0.2) is 18.2 Å². The van der Waals surface area contributed by atoms with Crippen molar-refractivity contribution in [1.29, 1.82) is 0 Å². The van der Waals surface area contributed by atoms with Gasteiger partial charge in [0.1, 0.15) is 6.04 Å². The van der Waals surface area contributed by atoms with Crippen molar-refractivity contribution in [1.82, 2.24) is 4.90 Å². The zero-order valence-electron chi connectivity index (χ0n) is 10.6. The van der Waals surface area contributed by atoms with Gasteiger partial charge >= 0.3 is 5.97 Å². The third kappa shape index (κ3) is 3.50. The van der Waals surface area contributed by atoms with Crippen LogP contribution in [0.25, 0.3) is 0 Å². The minimum Gasteiger partial charge on any atom is -0.480 e. The van der Waals surface area contributed by atoms with E-state index in [1.54, 1.807) is 0 Å². The first kappa shape index (κ1) is 13.9. The summed E-state index contributed by atoms with van der Waals surface area (Å²) in [6.07, 6.45) is 3.30.